The van der Waals surface area contributed by atoms with E-state index in [2.05, 4.69) is 5.32 Å². The number of hydrogen-bond acceptors (Lipinski definition) is 3. The van der Waals surface area contributed by atoms with Gasteiger partial charge in [-0.05, 0) is 19.1 Å². The maximum Gasteiger partial charge on any atom is 0.325 e. The van der Waals surface area contributed by atoms with E-state index in [0.29, 0.717) is 0 Å². The number of ether oxygens (including phenoxy) is 1. The SMILES string of the molecule is COc1cccc2c(NC(C)C(=O)O)cccc12. The molecule has 4 heteroatoms. The Bertz CT molecular complexity index is 580. The minimum Gasteiger partial charge on any atom is -0.496 e. The van der Waals surface area contributed by atoms with Crippen LogP contribution in [-0.2, 0) is 4.79 Å². The van der Waals surface area contributed by atoms with Crippen LogP contribution < -0.4 is 10.1 Å². The third kappa shape index (κ3) is 2.22. The molecule has 0 saturated heterocycles. The molecule has 0 bridgehead atoms. The van der Waals surface area contributed by atoms with Crippen LogP contribution in [0.3, 0.4) is 0 Å². The summed E-state index contributed by atoms with van der Waals surface area (Å²) in [6.45, 7) is 1.61. The van der Waals surface area contributed by atoms with Gasteiger partial charge in [0.05, 0.1) is 7.11 Å². The second-order valence-corrected chi connectivity index (χ2v) is 4.07. The van der Waals surface area contributed by atoms with E-state index in [1.807, 2.05) is 36.4 Å². The average Bonchev–Trinajstić information content (AvgIpc) is 2.38. The summed E-state index contributed by atoms with van der Waals surface area (Å²) in [5.74, 6) is -0.103. The van der Waals surface area contributed by atoms with Crippen LogP contribution in [0.5, 0.6) is 5.75 Å². The number of hydrogen-bond donors (Lipinski definition) is 2. The molecule has 0 aliphatic carbocycles. The van der Waals surface area contributed by atoms with E-state index in [1.54, 1.807) is 14.0 Å². The summed E-state index contributed by atoms with van der Waals surface area (Å²) < 4.78 is 5.29. The van der Waals surface area contributed by atoms with Crippen molar-refractivity contribution in [2.45, 2.75) is 13.0 Å². The Labute approximate surface area is 105 Å². The fraction of sp³-hybridized carbons (Fsp3) is 0.214. The van der Waals surface area contributed by atoms with E-state index in [9.17, 15) is 4.79 Å². The summed E-state index contributed by atoms with van der Waals surface area (Å²) in [4.78, 5) is 10.9. The quantitative estimate of drug-likeness (QED) is 0.869. The van der Waals surface area contributed by atoms with E-state index in [0.717, 1.165) is 22.2 Å². The molecule has 0 heterocycles. The Balaban J connectivity index is 2.49. The molecule has 0 radical (unpaired) electrons. The highest BCUT2D eigenvalue weighted by Crippen LogP contribution is 2.30. The third-order valence-corrected chi connectivity index (χ3v) is 2.84. The number of nitrogens with one attached hydrogen (secondary N) is 1. The van der Waals surface area contributed by atoms with Crippen molar-refractivity contribution in [2.75, 3.05) is 12.4 Å². The van der Waals surface area contributed by atoms with Gasteiger partial charge < -0.3 is 15.2 Å². The van der Waals surface area contributed by atoms with Crippen molar-refractivity contribution in [2.24, 2.45) is 0 Å². The second-order valence-electron chi connectivity index (χ2n) is 4.07. The number of rotatable bonds is 4. The van der Waals surface area contributed by atoms with Crippen LogP contribution in [-0.4, -0.2) is 24.2 Å². The molecule has 0 amide bonds. The normalized spacial score (nSPS) is 12.1. The summed E-state index contributed by atoms with van der Waals surface area (Å²) in [6.07, 6.45) is 0. The largest absolute Gasteiger partial charge is 0.496 e. The van der Waals surface area contributed by atoms with Gasteiger partial charge in [0.15, 0.2) is 0 Å². The highest BCUT2D eigenvalue weighted by atomic mass is 16.5. The summed E-state index contributed by atoms with van der Waals surface area (Å²) >= 11 is 0. The van der Waals surface area contributed by atoms with Gasteiger partial charge in [-0.25, -0.2) is 0 Å². The van der Waals surface area contributed by atoms with Gasteiger partial charge in [-0.2, -0.15) is 0 Å². The molecule has 2 aromatic rings. The van der Waals surface area contributed by atoms with Crippen molar-refractivity contribution in [3.8, 4) is 5.75 Å². The summed E-state index contributed by atoms with van der Waals surface area (Å²) in [7, 11) is 1.62. The van der Waals surface area contributed by atoms with Crippen molar-refractivity contribution in [1.29, 1.82) is 0 Å². The Morgan fingerprint density at radius 2 is 1.89 bits per heavy atom. The molecule has 4 nitrogen and oxygen atoms in total. The maximum atomic E-state index is 10.9. The second kappa shape index (κ2) is 4.96. The zero-order chi connectivity index (χ0) is 13.1. The molecular weight excluding hydrogens is 230 g/mol. The van der Waals surface area contributed by atoms with Crippen molar-refractivity contribution in [3.05, 3.63) is 36.4 Å². The summed E-state index contributed by atoms with van der Waals surface area (Å²) in [6, 6.07) is 10.8. The van der Waals surface area contributed by atoms with Crippen LogP contribution in [0.25, 0.3) is 10.8 Å². The standard InChI is InChI=1S/C14H15NO3/c1-9(14(16)17)15-12-7-3-6-11-10(12)5-4-8-13(11)18-2/h3-9,15H,1-2H3,(H,16,17). The van der Waals surface area contributed by atoms with Gasteiger partial charge >= 0.3 is 5.97 Å². The number of benzene rings is 2. The Kier molecular flexibility index (Phi) is 3.37. The van der Waals surface area contributed by atoms with Crippen LogP contribution in [0.15, 0.2) is 36.4 Å². The average molecular weight is 245 g/mol. The zero-order valence-corrected chi connectivity index (χ0v) is 10.3. The lowest BCUT2D eigenvalue weighted by Gasteiger charge is -2.14. The first-order valence-electron chi connectivity index (χ1n) is 5.68. The highest BCUT2D eigenvalue weighted by Gasteiger charge is 2.12. The molecule has 2 rings (SSSR count). The van der Waals surface area contributed by atoms with Gasteiger partial charge in [-0.1, -0.05) is 24.3 Å². The number of anilines is 1. The smallest absolute Gasteiger partial charge is 0.325 e. The van der Waals surface area contributed by atoms with Gasteiger partial charge in [0, 0.05) is 16.5 Å². The van der Waals surface area contributed by atoms with Crippen molar-refractivity contribution in [3.63, 3.8) is 0 Å². The Morgan fingerprint density at radius 3 is 2.56 bits per heavy atom. The lowest BCUT2D eigenvalue weighted by atomic mass is 10.1. The highest BCUT2D eigenvalue weighted by molar-refractivity contribution is 5.98. The van der Waals surface area contributed by atoms with E-state index in [-0.39, 0.29) is 0 Å². The van der Waals surface area contributed by atoms with E-state index >= 15 is 0 Å². The molecule has 0 spiro atoms. The molecule has 1 atom stereocenters. The Hall–Kier alpha value is -2.23. The van der Waals surface area contributed by atoms with Gasteiger partial charge in [-0.3, -0.25) is 4.79 Å². The van der Waals surface area contributed by atoms with E-state index < -0.39 is 12.0 Å². The molecular formula is C14H15NO3. The number of carbonyl (C=O) groups is 1. The lowest BCUT2D eigenvalue weighted by Crippen LogP contribution is -2.25. The predicted octanol–water partition coefficient (Wildman–Crippen LogP) is 2.73. The summed E-state index contributed by atoms with van der Waals surface area (Å²) in [5.41, 5.74) is 0.793. The maximum absolute atomic E-state index is 10.9. The molecule has 18 heavy (non-hydrogen) atoms. The number of fused-ring (bicyclic) bond motifs is 1. The number of aliphatic carboxylic acids is 1. The fourth-order valence-electron chi connectivity index (χ4n) is 1.88. The molecule has 2 N–H and O–H groups in total. The predicted molar refractivity (Wildman–Crippen MR) is 71.2 cm³/mol. The molecule has 94 valence electrons. The van der Waals surface area contributed by atoms with Crippen LogP contribution >= 0.6 is 0 Å². The van der Waals surface area contributed by atoms with Gasteiger partial charge in [0.1, 0.15) is 11.8 Å². The van der Waals surface area contributed by atoms with Gasteiger partial charge in [0.2, 0.25) is 0 Å². The van der Waals surface area contributed by atoms with Crippen LogP contribution in [0.4, 0.5) is 5.69 Å². The molecule has 0 fully saturated rings. The first-order chi connectivity index (χ1) is 8.63. The molecule has 0 aromatic heterocycles. The Morgan fingerprint density at radius 1 is 1.22 bits per heavy atom. The van der Waals surface area contributed by atoms with Crippen molar-refractivity contribution in [1.82, 2.24) is 0 Å². The zero-order valence-electron chi connectivity index (χ0n) is 10.3. The lowest BCUT2D eigenvalue weighted by molar-refractivity contribution is -0.137. The molecule has 1 unspecified atom stereocenters. The number of carboxylic acids is 1. The van der Waals surface area contributed by atoms with Crippen LogP contribution in [0.2, 0.25) is 0 Å². The minimum atomic E-state index is -0.880. The van der Waals surface area contributed by atoms with Crippen molar-refractivity contribution >= 4 is 22.4 Å². The molecule has 0 aliphatic heterocycles. The van der Waals surface area contributed by atoms with E-state index in [4.69, 9.17) is 9.84 Å². The fourth-order valence-corrected chi connectivity index (χ4v) is 1.88. The van der Waals surface area contributed by atoms with Crippen LogP contribution in [0, 0.1) is 0 Å². The molecule has 2 aromatic carbocycles. The van der Waals surface area contributed by atoms with Gasteiger partial charge in [0.25, 0.3) is 0 Å². The topological polar surface area (TPSA) is 58.6 Å². The first kappa shape index (κ1) is 12.2. The number of carboxylic acid groups (broad SMARTS) is 1. The minimum absolute atomic E-state index is 0.637. The summed E-state index contributed by atoms with van der Waals surface area (Å²) in [5, 5.41) is 13.8. The number of methoxy groups -OCH3 is 1. The van der Waals surface area contributed by atoms with Gasteiger partial charge in [-0.15, -0.1) is 0 Å². The molecule has 0 aliphatic rings. The first-order valence-corrected chi connectivity index (χ1v) is 5.68. The van der Waals surface area contributed by atoms with Crippen LogP contribution in [0.1, 0.15) is 6.92 Å². The van der Waals surface area contributed by atoms with E-state index in [1.165, 1.54) is 0 Å². The van der Waals surface area contributed by atoms with Crippen molar-refractivity contribution < 1.29 is 14.6 Å². The molecule has 0 saturated carbocycles. The monoisotopic (exact) mass is 245 g/mol. The third-order valence-electron chi connectivity index (χ3n) is 2.84.